The van der Waals surface area contributed by atoms with Crippen molar-refractivity contribution in [2.75, 3.05) is 17.2 Å². The van der Waals surface area contributed by atoms with Gasteiger partial charge in [0.05, 0.1) is 23.3 Å². The predicted molar refractivity (Wildman–Crippen MR) is 123 cm³/mol. The first-order valence-electron chi connectivity index (χ1n) is 10.9. The van der Waals surface area contributed by atoms with Crippen molar-refractivity contribution in [1.29, 1.82) is 5.26 Å². The standard InChI is InChI=1S/C23H29N7O2/c1-23(2)12-16(8-9-19(23)31)27-20-15(13-24)14-26-21(28-20)25-10-11-30-18-7-5-4-6-17(18)29(3)22(30)32/h4-7,14,16,19,31H,8-12H2,1-3H3,(H2,25,26,27,28). The summed E-state index contributed by atoms with van der Waals surface area (Å²) in [6, 6.07) is 9.95. The minimum atomic E-state index is -0.323. The Morgan fingerprint density at radius 1 is 1.28 bits per heavy atom. The van der Waals surface area contributed by atoms with Crippen LogP contribution in [0, 0.1) is 16.7 Å². The van der Waals surface area contributed by atoms with Gasteiger partial charge in [-0.3, -0.25) is 9.13 Å². The van der Waals surface area contributed by atoms with E-state index in [1.165, 1.54) is 6.20 Å². The maximum absolute atomic E-state index is 12.6. The Morgan fingerprint density at radius 3 is 2.75 bits per heavy atom. The van der Waals surface area contributed by atoms with E-state index in [9.17, 15) is 15.2 Å². The number of nitrogens with zero attached hydrogens (tertiary/aromatic N) is 5. The molecule has 0 spiro atoms. The number of anilines is 2. The molecule has 32 heavy (non-hydrogen) atoms. The van der Waals surface area contributed by atoms with Gasteiger partial charge in [-0.1, -0.05) is 26.0 Å². The summed E-state index contributed by atoms with van der Waals surface area (Å²) >= 11 is 0. The third-order valence-corrected chi connectivity index (χ3v) is 6.38. The lowest BCUT2D eigenvalue weighted by atomic mass is 9.73. The zero-order valence-corrected chi connectivity index (χ0v) is 18.7. The molecule has 1 saturated carbocycles. The van der Waals surface area contributed by atoms with Crippen LogP contribution < -0.4 is 16.3 Å². The molecule has 168 valence electrons. The Balaban J connectivity index is 1.46. The lowest BCUT2D eigenvalue weighted by Gasteiger charge is -2.40. The van der Waals surface area contributed by atoms with Gasteiger partial charge >= 0.3 is 5.69 Å². The molecular formula is C23H29N7O2. The lowest BCUT2D eigenvalue weighted by molar-refractivity contribution is 0.00926. The molecule has 3 aromatic rings. The van der Waals surface area contributed by atoms with E-state index in [0.29, 0.717) is 36.8 Å². The van der Waals surface area contributed by atoms with Gasteiger partial charge < -0.3 is 15.7 Å². The van der Waals surface area contributed by atoms with Crippen molar-refractivity contribution in [3.8, 4) is 6.07 Å². The Labute approximate surface area is 186 Å². The third-order valence-electron chi connectivity index (χ3n) is 6.38. The third kappa shape index (κ3) is 4.18. The normalized spacial score (nSPS) is 20.1. The van der Waals surface area contributed by atoms with E-state index in [-0.39, 0.29) is 23.3 Å². The van der Waals surface area contributed by atoms with Gasteiger partial charge in [-0.05, 0) is 36.8 Å². The molecule has 1 aliphatic rings. The van der Waals surface area contributed by atoms with E-state index >= 15 is 0 Å². The Morgan fingerprint density at radius 2 is 2.03 bits per heavy atom. The van der Waals surface area contributed by atoms with Crippen molar-refractivity contribution in [3.05, 3.63) is 46.5 Å². The quantitative estimate of drug-likeness (QED) is 0.544. The van der Waals surface area contributed by atoms with E-state index in [1.54, 1.807) is 16.2 Å². The largest absolute Gasteiger partial charge is 0.393 e. The molecular weight excluding hydrogens is 406 g/mol. The second kappa shape index (κ2) is 8.63. The van der Waals surface area contributed by atoms with Gasteiger partial charge in [0.15, 0.2) is 0 Å². The number of nitrogens with one attached hydrogen (secondary N) is 2. The molecule has 0 saturated heterocycles. The zero-order valence-electron chi connectivity index (χ0n) is 18.7. The molecule has 0 amide bonds. The molecule has 9 heteroatoms. The van der Waals surface area contributed by atoms with Gasteiger partial charge in [0.1, 0.15) is 17.5 Å². The highest BCUT2D eigenvalue weighted by Crippen LogP contribution is 2.36. The number of imidazole rings is 1. The number of para-hydroxylation sites is 2. The van der Waals surface area contributed by atoms with Crippen molar-refractivity contribution in [2.45, 2.75) is 51.8 Å². The number of aryl methyl sites for hydroxylation is 1. The second-order valence-electron chi connectivity index (χ2n) is 9.10. The molecule has 1 fully saturated rings. The van der Waals surface area contributed by atoms with Crippen LogP contribution in [0.4, 0.5) is 11.8 Å². The summed E-state index contributed by atoms with van der Waals surface area (Å²) in [5.74, 6) is 0.888. The molecule has 9 nitrogen and oxygen atoms in total. The summed E-state index contributed by atoms with van der Waals surface area (Å²) < 4.78 is 3.36. The predicted octanol–water partition coefficient (Wildman–Crippen LogP) is 2.47. The number of fused-ring (bicyclic) bond motifs is 1. The average molecular weight is 436 g/mol. The summed E-state index contributed by atoms with van der Waals surface area (Å²) in [5, 5.41) is 26.2. The van der Waals surface area contributed by atoms with Crippen molar-refractivity contribution < 1.29 is 5.11 Å². The number of benzene rings is 1. The first-order chi connectivity index (χ1) is 15.3. The molecule has 0 bridgehead atoms. The minimum Gasteiger partial charge on any atom is -0.393 e. The van der Waals surface area contributed by atoms with Gasteiger partial charge in [0.2, 0.25) is 5.95 Å². The number of aromatic nitrogens is 4. The summed E-state index contributed by atoms with van der Waals surface area (Å²) in [5.41, 5.74) is 1.89. The highest BCUT2D eigenvalue weighted by Gasteiger charge is 2.35. The van der Waals surface area contributed by atoms with Crippen LogP contribution in [0.5, 0.6) is 0 Å². The fourth-order valence-electron chi connectivity index (χ4n) is 4.46. The van der Waals surface area contributed by atoms with Crippen molar-refractivity contribution in [1.82, 2.24) is 19.1 Å². The Hall–Kier alpha value is -3.38. The van der Waals surface area contributed by atoms with Gasteiger partial charge in [0, 0.05) is 26.2 Å². The van der Waals surface area contributed by atoms with Crippen molar-refractivity contribution >= 4 is 22.8 Å². The van der Waals surface area contributed by atoms with Crippen LogP contribution in [0.3, 0.4) is 0 Å². The highest BCUT2D eigenvalue weighted by atomic mass is 16.3. The molecule has 1 aromatic carbocycles. The smallest absolute Gasteiger partial charge is 0.328 e. The molecule has 2 heterocycles. The van der Waals surface area contributed by atoms with Crippen LogP contribution in [0.1, 0.15) is 38.7 Å². The van der Waals surface area contributed by atoms with E-state index in [0.717, 1.165) is 23.9 Å². The Kier molecular flexibility index (Phi) is 5.89. The molecule has 2 aromatic heterocycles. The van der Waals surface area contributed by atoms with E-state index < -0.39 is 0 Å². The van der Waals surface area contributed by atoms with Gasteiger partial charge in [-0.15, -0.1) is 0 Å². The molecule has 4 rings (SSSR count). The van der Waals surface area contributed by atoms with Crippen LogP contribution in [-0.2, 0) is 13.6 Å². The summed E-state index contributed by atoms with van der Waals surface area (Å²) in [7, 11) is 1.77. The minimum absolute atomic E-state index is 0.0711. The number of aliphatic hydroxyl groups excluding tert-OH is 1. The van der Waals surface area contributed by atoms with Crippen LogP contribution in [-0.4, -0.2) is 42.9 Å². The van der Waals surface area contributed by atoms with Crippen LogP contribution in [0.15, 0.2) is 35.3 Å². The maximum atomic E-state index is 12.6. The molecule has 2 unspecified atom stereocenters. The second-order valence-corrected chi connectivity index (χ2v) is 9.10. The van der Waals surface area contributed by atoms with Crippen molar-refractivity contribution in [2.24, 2.45) is 12.5 Å². The molecule has 1 aliphatic carbocycles. The van der Waals surface area contributed by atoms with Gasteiger partial charge in [-0.2, -0.15) is 10.2 Å². The highest BCUT2D eigenvalue weighted by molar-refractivity contribution is 5.75. The van der Waals surface area contributed by atoms with Crippen LogP contribution in [0.25, 0.3) is 11.0 Å². The average Bonchev–Trinajstić information content (AvgIpc) is 3.01. The lowest BCUT2D eigenvalue weighted by Crippen LogP contribution is -2.41. The molecule has 0 aliphatic heterocycles. The maximum Gasteiger partial charge on any atom is 0.328 e. The Bertz CT molecular complexity index is 1220. The number of aliphatic hydroxyl groups is 1. The summed E-state index contributed by atoms with van der Waals surface area (Å²) in [4.78, 5) is 21.3. The van der Waals surface area contributed by atoms with E-state index in [2.05, 4.69) is 40.5 Å². The van der Waals surface area contributed by atoms with E-state index in [4.69, 9.17) is 0 Å². The fraction of sp³-hybridized carbons (Fsp3) is 0.478. The number of rotatable bonds is 6. The topological polar surface area (TPSA) is 121 Å². The first kappa shape index (κ1) is 21.8. The SMILES string of the molecule is Cn1c(=O)n(CCNc2ncc(C#N)c(NC3CCC(O)C(C)(C)C3)n2)c2ccccc21. The zero-order chi connectivity index (χ0) is 22.9. The van der Waals surface area contributed by atoms with Crippen molar-refractivity contribution in [3.63, 3.8) is 0 Å². The number of hydrogen-bond donors (Lipinski definition) is 3. The molecule has 2 atom stereocenters. The van der Waals surface area contributed by atoms with Gasteiger partial charge in [-0.25, -0.2) is 9.78 Å². The number of hydrogen-bond acceptors (Lipinski definition) is 7. The van der Waals surface area contributed by atoms with Crippen LogP contribution >= 0.6 is 0 Å². The first-order valence-corrected chi connectivity index (χ1v) is 10.9. The number of nitriles is 1. The fourth-order valence-corrected chi connectivity index (χ4v) is 4.46. The molecule has 0 radical (unpaired) electrons. The summed E-state index contributed by atoms with van der Waals surface area (Å²) in [6.07, 6.45) is 3.49. The monoisotopic (exact) mass is 435 g/mol. The molecule has 3 N–H and O–H groups in total. The summed E-state index contributed by atoms with van der Waals surface area (Å²) in [6.45, 7) is 5.03. The van der Waals surface area contributed by atoms with Gasteiger partial charge in [0.25, 0.3) is 0 Å². The van der Waals surface area contributed by atoms with Crippen LogP contribution in [0.2, 0.25) is 0 Å². The van der Waals surface area contributed by atoms with E-state index in [1.807, 2.05) is 24.3 Å².